The summed E-state index contributed by atoms with van der Waals surface area (Å²) in [5.74, 6) is 0.248. The zero-order valence-electron chi connectivity index (χ0n) is 16.6. The number of epoxide rings is 1. The van der Waals surface area contributed by atoms with Gasteiger partial charge in [-0.05, 0) is 18.2 Å². The molecule has 30 heavy (non-hydrogen) atoms. The molecule has 0 aliphatic carbocycles. The van der Waals surface area contributed by atoms with E-state index in [0.717, 1.165) is 12.0 Å². The fraction of sp³-hybridized carbons (Fsp3) is 0.391. The van der Waals surface area contributed by atoms with Crippen molar-refractivity contribution in [3.63, 3.8) is 0 Å². The molecule has 1 atom stereocenters. The lowest BCUT2D eigenvalue weighted by atomic mass is 10.0. The quantitative estimate of drug-likeness (QED) is 0.276. The summed E-state index contributed by atoms with van der Waals surface area (Å²) in [6.07, 6.45) is 0.273. The van der Waals surface area contributed by atoms with Crippen molar-refractivity contribution < 1.29 is 33.2 Å². The minimum atomic E-state index is -0.409. The van der Waals surface area contributed by atoms with Gasteiger partial charge in [-0.2, -0.15) is 0 Å². The van der Waals surface area contributed by atoms with Crippen LogP contribution >= 0.6 is 0 Å². The van der Waals surface area contributed by atoms with E-state index in [1.165, 1.54) is 12.1 Å². The van der Waals surface area contributed by atoms with Crippen molar-refractivity contribution in [3.8, 4) is 11.5 Å². The summed E-state index contributed by atoms with van der Waals surface area (Å²) in [5.41, 5.74) is 0. The molecule has 0 spiro atoms. The third kappa shape index (κ3) is 5.17. The first-order valence-corrected chi connectivity index (χ1v) is 10.0. The second kappa shape index (κ2) is 10.0. The van der Waals surface area contributed by atoms with Gasteiger partial charge in [-0.25, -0.2) is 4.39 Å². The number of phenols is 1. The lowest BCUT2D eigenvalue weighted by Gasteiger charge is -2.15. The van der Waals surface area contributed by atoms with Crippen LogP contribution in [0.2, 0.25) is 0 Å². The molecule has 0 radical (unpaired) electrons. The number of fused-ring (bicyclic) bond motifs is 2. The van der Waals surface area contributed by atoms with Crippen LogP contribution in [0.1, 0.15) is 0 Å². The van der Waals surface area contributed by atoms with Crippen LogP contribution in [0, 0.1) is 5.82 Å². The topological polar surface area (TPSA) is 69.7 Å². The maximum absolute atomic E-state index is 13.7. The van der Waals surface area contributed by atoms with Gasteiger partial charge in [-0.15, -0.1) is 0 Å². The maximum Gasteiger partial charge on any atom is 0.135 e. The molecule has 1 aliphatic heterocycles. The van der Waals surface area contributed by atoms with E-state index >= 15 is 0 Å². The number of benzene rings is 3. The number of hydrogen-bond acceptors (Lipinski definition) is 6. The molecule has 1 aliphatic rings. The monoisotopic (exact) mass is 416 g/mol. The van der Waals surface area contributed by atoms with Gasteiger partial charge in [0.15, 0.2) is 0 Å². The number of phenolic OH excluding ortho intramolecular Hbond substituents is 1. The first-order valence-electron chi connectivity index (χ1n) is 10.0. The van der Waals surface area contributed by atoms with E-state index in [1.807, 2.05) is 18.2 Å². The molecule has 4 rings (SSSR count). The third-order valence-corrected chi connectivity index (χ3v) is 4.83. The van der Waals surface area contributed by atoms with E-state index in [4.69, 9.17) is 23.7 Å². The van der Waals surface area contributed by atoms with Crippen molar-refractivity contribution in [2.45, 2.75) is 6.10 Å². The Kier molecular flexibility index (Phi) is 6.96. The molecule has 1 heterocycles. The van der Waals surface area contributed by atoms with Crippen LogP contribution in [0.3, 0.4) is 0 Å². The molecular weight excluding hydrogens is 391 g/mol. The van der Waals surface area contributed by atoms with E-state index in [1.54, 1.807) is 12.1 Å². The summed E-state index contributed by atoms with van der Waals surface area (Å²) in [7, 11) is 0. The molecule has 1 saturated heterocycles. The van der Waals surface area contributed by atoms with Crippen molar-refractivity contribution in [1.82, 2.24) is 0 Å². The van der Waals surface area contributed by atoms with Gasteiger partial charge in [0.05, 0.1) is 46.2 Å². The van der Waals surface area contributed by atoms with Gasteiger partial charge < -0.3 is 28.8 Å². The summed E-state index contributed by atoms with van der Waals surface area (Å²) < 4.78 is 41.1. The summed E-state index contributed by atoms with van der Waals surface area (Å²) in [5, 5.41) is 13.0. The summed E-state index contributed by atoms with van der Waals surface area (Å²) >= 11 is 0. The number of hydrogen-bond donors (Lipinski definition) is 1. The molecule has 1 unspecified atom stereocenters. The zero-order chi connectivity index (χ0) is 20.8. The van der Waals surface area contributed by atoms with Crippen LogP contribution in [0.25, 0.3) is 21.5 Å². The van der Waals surface area contributed by atoms with Gasteiger partial charge >= 0.3 is 0 Å². The Morgan fingerprint density at radius 1 is 0.833 bits per heavy atom. The molecule has 0 saturated carbocycles. The molecule has 1 N–H and O–H groups in total. The van der Waals surface area contributed by atoms with Crippen molar-refractivity contribution >= 4 is 21.5 Å². The molecule has 3 aromatic carbocycles. The first-order chi connectivity index (χ1) is 14.7. The van der Waals surface area contributed by atoms with E-state index < -0.39 is 5.82 Å². The molecule has 6 nitrogen and oxygen atoms in total. The van der Waals surface area contributed by atoms with Gasteiger partial charge in [0, 0.05) is 21.5 Å². The average molecular weight is 416 g/mol. The Bertz CT molecular complexity index is 988. The highest BCUT2D eigenvalue weighted by Gasteiger charge is 2.22. The minimum absolute atomic E-state index is 0.0504. The Morgan fingerprint density at radius 2 is 1.47 bits per heavy atom. The van der Waals surface area contributed by atoms with E-state index in [9.17, 15) is 9.50 Å². The number of aromatic hydroxyl groups is 1. The van der Waals surface area contributed by atoms with Gasteiger partial charge in [-0.3, -0.25) is 0 Å². The fourth-order valence-electron chi connectivity index (χ4n) is 3.27. The number of ether oxygens (including phenoxy) is 5. The second-order valence-electron chi connectivity index (χ2n) is 7.02. The third-order valence-electron chi connectivity index (χ3n) is 4.83. The number of rotatable bonds is 12. The Morgan fingerprint density at radius 3 is 2.20 bits per heavy atom. The van der Waals surface area contributed by atoms with Crippen LogP contribution in [-0.4, -0.2) is 64.1 Å². The first kappa shape index (κ1) is 20.8. The largest absolute Gasteiger partial charge is 0.507 e. The van der Waals surface area contributed by atoms with Crippen molar-refractivity contribution in [3.05, 3.63) is 48.3 Å². The van der Waals surface area contributed by atoms with Crippen LogP contribution in [-0.2, 0) is 18.9 Å². The molecule has 0 aromatic heterocycles. The van der Waals surface area contributed by atoms with Crippen molar-refractivity contribution in [2.24, 2.45) is 0 Å². The fourth-order valence-corrected chi connectivity index (χ4v) is 3.27. The van der Waals surface area contributed by atoms with Crippen LogP contribution in [0.4, 0.5) is 4.39 Å². The molecule has 7 heteroatoms. The zero-order valence-corrected chi connectivity index (χ0v) is 16.6. The Labute approximate surface area is 174 Å². The summed E-state index contributed by atoms with van der Waals surface area (Å²) in [6, 6.07) is 11.7. The highest BCUT2D eigenvalue weighted by Crippen LogP contribution is 2.42. The SMILES string of the molecule is Oc1c2ccccc2c(OCCOCCOCCOCC2CO2)c2ccc(F)cc12. The van der Waals surface area contributed by atoms with E-state index in [2.05, 4.69) is 0 Å². The maximum atomic E-state index is 13.7. The van der Waals surface area contributed by atoms with E-state index in [-0.39, 0.29) is 11.9 Å². The van der Waals surface area contributed by atoms with Crippen molar-refractivity contribution in [2.75, 3.05) is 52.9 Å². The van der Waals surface area contributed by atoms with Crippen LogP contribution < -0.4 is 4.74 Å². The molecule has 3 aromatic rings. The van der Waals surface area contributed by atoms with Crippen LogP contribution in [0.5, 0.6) is 11.5 Å². The molecule has 160 valence electrons. The van der Waals surface area contributed by atoms with Gasteiger partial charge in [0.1, 0.15) is 30.0 Å². The molecule has 0 bridgehead atoms. The second-order valence-corrected chi connectivity index (χ2v) is 7.02. The Hall–Kier alpha value is -2.45. The van der Waals surface area contributed by atoms with Crippen molar-refractivity contribution in [1.29, 1.82) is 0 Å². The lowest BCUT2D eigenvalue weighted by Crippen LogP contribution is -2.13. The molecule has 1 fully saturated rings. The normalized spacial score (nSPS) is 15.7. The molecular formula is C23H25FO6. The summed E-state index contributed by atoms with van der Waals surface area (Å²) in [4.78, 5) is 0. The predicted molar refractivity (Wildman–Crippen MR) is 111 cm³/mol. The van der Waals surface area contributed by atoms with Gasteiger partial charge in [-0.1, -0.05) is 24.3 Å². The smallest absolute Gasteiger partial charge is 0.135 e. The number of halogens is 1. The molecule has 0 amide bonds. The minimum Gasteiger partial charge on any atom is -0.507 e. The standard InChI is InChI=1S/C23H25FO6/c24-16-5-6-20-21(13-16)22(25)18-3-1-2-4-19(18)23(20)29-12-11-27-8-7-26-9-10-28-14-17-15-30-17/h1-6,13,17,25H,7-12,14-15H2. The summed E-state index contributed by atoms with van der Waals surface area (Å²) in [6.45, 7) is 4.14. The Balaban J connectivity index is 1.26. The predicted octanol–water partition coefficient (Wildman–Crippen LogP) is 3.67. The highest BCUT2D eigenvalue weighted by molar-refractivity contribution is 6.10. The van der Waals surface area contributed by atoms with Gasteiger partial charge in [0.2, 0.25) is 0 Å². The van der Waals surface area contributed by atoms with Crippen LogP contribution in [0.15, 0.2) is 42.5 Å². The highest BCUT2D eigenvalue weighted by atomic mass is 19.1. The lowest BCUT2D eigenvalue weighted by molar-refractivity contribution is 0.00722. The average Bonchev–Trinajstić information content (AvgIpc) is 3.58. The van der Waals surface area contributed by atoms with Gasteiger partial charge in [0.25, 0.3) is 0 Å². The van der Waals surface area contributed by atoms with E-state index in [0.29, 0.717) is 68.2 Å².